The van der Waals surface area contributed by atoms with E-state index in [0.717, 1.165) is 11.8 Å². The van der Waals surface area contributed by atoms with Crippen molar-refractivity contribution in [3.8, 4) is 0 Å². The lowest BCUT2D eigenvalue weighted by molar-refractivity contribution is -0.388. The van der Waals surface area contributed by atoms with Gasteiger partial charge in [-0.2, -0.15) is 4.98 Å². The van der Waals surface area contributed by atoms with Gasteiger partial charge in [0.1, 0.15) is 11.2 Å². The van der Waals surface area contributed by atoms with Gasteiger partial charge >= 0.3 is 5.69 Å². The second kappa shape index (κ2) is 6.49. The fourth-order valence-electron chi connectivity index (χ4n) is 1.33. The van der Waals surface area contributed by atoms with Gasteiger partial charge in [0.15, 0.2) is 5.03 Å². The van der Waals surface area contributed by atoms with Crippen molar-refractivity contribution < 1.29 is 4.92 Å². The summed E-state index contributed by atoms with van der Waals surface area (Å²) in [4.78, 5) is 22.6. The largest absolute Gasteiger partial charge is 0.354 e. The first kappa shape index (κ1) is 14.5. The standard InChI is InChI=1S/C11H10ClN5O2S/c1-2-13-11-15-6-8(17(18)19)10(16-11)20-9-4-3-7(12)5-14-9/h3-6H,2H2,1H3,(H,13,15,16). The van der Waals surface area contributed by atoms with E-state index in [-0.39, 0.29) is 10.7 Å². The fraction of sp³-hybridized carbons (Fsp3) is 0.182. The Hall–Kier alpha value is -1.93. The summed E-state index contributed by atoms with van der Waals surface area (Å²) in [6, 6.07) is 3.33. The summed E-state index contributed by atoms with van der Waals surface area (Å²) in [6.07, 6.45) is 2.66. The van der Waals surface area contributed by atoms with Crippen LogP contribution in [0.2, 0.25) is 5.02 Å². The number of nitro groups is 1. The average Bonchev–Trinajstić information content (AvgIpc) is 2.42. The molecule has 0 radical (unpaired) electrons. The molecule has 0 aliphatic heterocycles. The van der Waals surface area contributed by atoms with Crippen molar-refractivity contribution in [3.63, 3.8) is 0 Å². The third kappa shape index (κ3) is 3.55. The molecule has 0 spiro atoms. The van der Waals surface area contributed by atoms with Gasteiger partial charge in [-0.05, 0) is 30.8 Å². The molecule has 1 N–H and O–H groups in total. The number of anilines is 1. The van der Waals surface area contributed by atoms with E-state index in [0.29, 0.717) is 22.5 Å². The maximum absolute atomic E-state index is 11.0. The first-order valence-corrected chi connectivity index (χ1v) is 6.84. The lowest BCUT2D eigenvalue weighted by Crippen LogP contribution is -2.04. The Morgan fingerprint density at radius 1 is 1.40 bits per heavy atom. The number of aromatic nitrogens is 3. The molecule has 0 unspecified atom stereocenters. The zero-order valence-corrected chi connectivity index (χ0v) is 12.0. The molecular weight excluding hydrogens is 302 g/mol. The molecule has 9 heteroatoms. The molecule has 7 nitrogen and oxygen atoms in total. The number of halogens is 1. The van der Waals surface area contributed by atoms with Gasteiger partial charge in [-0.25, -0.2) is 9.97 Å². The van der Waals surface area contributed by atoms with Crippen LogP contribution in [0.5, 0.6) is 0 Å². The van der Waals surface area contributed by atoms with Crippen molar-refractivity contribution in [2.45, 2.75) is 17.0 Å². The van der Waals surface area contributed by atoms with Gasteiger partial charge in [-0.3, -0.25) is 10.1 Å². The van der Waals surface area contributed by atoms with Gasteiger partial charge in [-0.1, -0.05) is 11.6 Å². The molecule has 0 aliphatic rings. The fourth-order valence-corrected chi connectivity index (χ4v) is 2.24. The lowest BCUT2D eigenvalue weighted by Gasteiger charge is -2.05. The summed E-state index contributed by atoms with van der Waals surface area (Å²) in [6.45, 7) is 2.51. The predicted octanol–water partition coefficient (Wildman–Crippen LogP) is 3.02. The molecule has 0 bridgehead atoms. The highest BCUT2D eigenvalue weighted by Gasteiger charge is 2.18. The van der Waals surface area contributed by atoms with Crippen molar-refractivity contribution in [1.29, 1.82) is 0 Å². The number of nitrogens with one attached hydrogen (secondary N) is 1. The number of pyridine rings is 1. The molecule has 0 aromatic carbocycles. The molecular formula is C11H10ClN5O2S. The third-order valence-electron chi connectivity index (χ3n) is 2.17. The molecule has 2 aromatic rings. The molecule has 20 heavy (non-hydrogen) atoms. The molecule has 104 valence electrons. The van der Waals surface area contributed by atoms with Crippen molar-refractivity contribution in [2.24, 2.45) is 0 Å². The topological polar surface area (TPSA) is 93.8 Å². The zero-order chi connectivity index (χ0) is 14.5. The van der Waals surface area contributed by atoms with Crippen molar-refractivity contribution in [3.05, 3.63) is 39.7 Å². The summed E-state index contributed by atoms with van der Waals surface area (Å²) in [7, 11) is 0. The van der Waals surface area contributed by atoms with Gasteiger partial charge in [-0.15, -0.1) is 0 Å². The van der Waals surface area contributed by atoms with Gasteiger partial charge in [0.2, 0.25) is 5.95 Å². The van der Waals surface area contributed by atoms with Crippen LogP contribution in [-0.2, 0) is 0 Å². The maximum Gasteiger partial charge on any atom is 0.320 e. The summed E-state index contributed by atoms with van der Waals surface area (Å²) >= 11 is 6.84. The SMILES string of the molecule is CCNc1ncc([N+](=O)[O-])c(Sc2ccc(Cl)cn2)n1. The number of rotatable bonds is 5. The second-order valence-corrected chi connectivity index (χ2v) is 5.03. The molecule has 2 aromatic heterocycles. The molecule has 0 aliphatic carbocycles. The monoisotopic (exact) mass is 311 g/mol. The summed E-state index contributed by atoms with van der Waals surface area (Å²) in [5, 5.41) is 15.2. The summed E-state index contributed by atoms with van der Waals surface area (Å²) < 4.78 is 0. The first-order valence-electron chi connectivity index (χ1n) is 5.65. The molecule has 2 heterocycles. The summed E-state index contributed by atoms with van der Waals surface area (Å²) in [5.41, 5.74) is -0.159. The Bertz CT molecular complexity index is 623. The Morgan fingerprint density at radius 3 is 2.80 bits per heavy atom. The van der Waals surface area contributed by atoms with Crippen LogP contribution in [0.25, 0.3) is 0 Å². The van der Waals surface area contributed by atoms with E-state index < -0.39 is 4.92 Å². The average molecular weight is 312 g/mol. The Morgan fingerprint density at radius 2 is 2.20 bits per heavy atom. The molecule has 0 saturated heterocycles. The minimum Gasteiger partial charge on any atom is -0.354 e. The smallest absolute Gasteiger partial charge is 0.320 e. The van der Waals surface area contributed by atoms with Crippen molar-refractivity contribution >= 4 is 35.0 Å². The molecule has 0 fully saturated rings. The van der Waals surface area contributed by atoms with Crippen LogP contribution in [0.1, 0.15) is 6.92 Å². The van der Waals surface area contributed by atoms with E-state index in [4.69, 9.17) is 11.6 Å². The van der Waals surface area contributed by atoms with Gasteiger partial charge in [0.25, 0.3) is 0 Å². The van der Waals surface area contributed by atoms with E-state index >= 15 is 0 Å². The molecule has 2 rings (SSSR count). The Balaban J connectivity index is 2.34. The minimum atomic E-state index is -0.520. The van der Waals surface area contributed by atoms with Crippen LogP contribution in [0.4, 0.5) is 11.6 Å². The lowest BCUT2D eigenvalue weighted by atomic mass is 10.5. The quantitative estimate of drug-likeness (QED) is 0.515. The summed E-state index contributed by atoms with van der Waals surface area (Å²) in [5.74, 6) is 0.342. The van der Waals surface area contributed by atoms with Gasteiger partial charge in [0.05, 0.1) is 9.95 Å². The van der Waals surface area contributed by atoms with Crippen LogP contribution in [0.15, 0.2) is 34.6 Å². The van der Waals surface area contributed by atoms with Gasteiger partial charge < -0.3 is 5.32 Å². The second-order valence-electron chi connectivity index (χ2n) is 3.59. The normalized spacial score (nSPS) is 10.3. The van der Waals surface area contributed by atoms with Crippen LogP contribution >= 0.6 is 23.4 Å². The highest BCUT2D eigenvalue weighted by atomic mass is 35.5. The van der Waals surface area contributed by atoms with Crippen LogP contribution in [-0.4, -0.2) is 26.4 Å². The molecule has 0 amide bonds. The zero-order valence-electron chi connectivity index (χ0n) is 10.4. The molecule has 0 saturated carbocycles. The number of nitrogens with zero attached hydrogens (tertiary/aromatic N) is 4. The molecule has 0 atom stereocenters. The highest BCUT2D eigenvalue weighted by Crippen LogP contribution is 2.32. The van der Waals surface area contributed by atoms with Crippen molar-refractivity contribution in [2.75, 3.05) is 11.9 Å². The van der Waals surface area contributed by atoms with E-state index in [2.05, 4.69) is 20.3 Å². The van der Waals surface area contributed by atoms with Crippen molar-refractivity contribution in [1.82, 2.24) is 15.0 Å². The van der Waals surface area contributed by atoms with E-state index in [1.54, 1.807) is 12.1 Å². The van der Waals surface area contributed by atoms with E-state index in [1.807, 2.05) is 6.92 Å². The van der Waals surface area contributed by atoms with Crippen LogP contribution in [0, 0.1) is 10.1 Å². The van der Waals surface area contributed by atoms with Gasteiger partial charge in [0, 0.05) is 12.7 Å². The third-order valence-corrected chi connectivity index (χ3v) is 3.34. The Kier molecular flexibility index (Phi) is 4.70. The highest BCUT2D eigenvalue weighted by molar-refractivity contribution is 7.99. The maximum atomic E-state index is 11.0. The number of hydrogen-bond acceptors (Lipinski definition) is 7. The van der Waals surface area contributed by atoms with Crippen LogP contribution in [0.3, 0.4) is 0 Å². The number of hydrogen-bond donors (Lipinski definition) is 1. The van der Waals surface area contributed by atoms with Crippen LogP contribution < -0.4 is 5.32 Å². The predicted molar refractivity (Wildman–Crippen MR) is 76.2 cm³/mol. The minimum absolute atomic E-state index is 0.159. The van der Waals surface area contributed by atoms with E-state index in [1.165, 1.54) is 12.4 Å². The first-order chi connectivity index (χ1) is 9.60. The van der Waals surface area contributed by atoms with E-state index in [9.17, 15) is 10.1 Å². The Labute approximate surface area is 124 Å².